The molecule has 1 fully saturated rings. The third kappa shape index (κ3) is 4.18. The molecule has 31 heavy (non-hydrogen) atoms. The lowest BCUT2D eigenvalue weighted by molar-refractivity contribution is 0.0592. The summed E-state index contributed by atoms with van der Waals surface area (Å²) < 4.78 is 0. The fourth-order valence-corrected chi connectivity index (χ4v) is 5.27. The monoisotopic (exact) mass is 435 g/mol. The Hall–Kier alpha value is -2.84. The molecule has 5 heterocycles. The number of carbonyl (C=O) groups is 1. The number of fused-ring (bicyclic) bond motifs is 1. The maximum atomic E-state index is 13.1. The van der Waals surface area contributed by atoms with E-state index < -0.39 is 0 Å². The van der Waals surface area contributed by atoms with Crippen LogP contribution in [0.15, 0.2) is 46.7 Å². The molecule has 160 valence electrons. The Morgan fingerprint density at radius 2 is 2.13 bits per heavy atom. The maximum Gasteiger partial charge on any atom is 0.273 e. The third-order valence-corrected chi connectivity index (χ3v) is 6.95. The number of carbonyl (C=O) groups excluding carboxylic acids is 1. The first-order chi connectivity index (χ1) is 15.2. The van der Waals surface area contributed by atoms with Gasteiger partial charge in [0.05, 0.1) is 11.7 Å². The highest BCUT2D eigenvalue weighted by Gasteiger charge is 2.32. The smallest absolute Gasteiger partial charge is 0.273 e. The van der Waals surface area contributed by atoms with Crippen LogP contribution in [0.4, 0.5) is 0 Å². The van der Waals surface area contributed by atoms with Crippen LogP contribution in [0.5, 0.6) is 0 Å². The molecule has 1 N–H and O–H groups in total. The van der Waals surface area contributed by atoms with Crippen LogP contribution in [-0.2, 0) is 19.5 Å². The van der Waals surface area contributed by atoms with Crippen molar-refractivity contribution in [3.05, 3.63) is 79.9 Å². The molecule has 3 aromatic heterocycles. The SMILES string of the molecule is O=C(c1ccccn1)N1CCCC[C@H]1c1nc2c(c(=O)[nH]1)CCN(Cc1cccs1)C2. The van der Waals surface area contributed by atoms with Crippen molar-refractivity contribution in [3.63, 3.8) is 0 Å². The quantitative estimate of drug-likeness (QED) is 0.681. The number of piperidine rings is 1. The first-order valence-electron chi connectivity index (χ1n) is 10.8. The molecule has 2 aliphatic heterocycles. The highest BCUT2D eigenvalue weighted by molar-refractivity contribution is 7.09. The van der Waals surface area contributed by atoms with E-state index >= 15 is 0 Å². The summed E-state index contributed by atoms with van der Waals surface area (Å²) in [6, 6.07) is 9.33. The van der Waals surface area contributed by atoms with Crippen LogP contribution in [0.3, 0.4) is 0 Å². The van der Waals surface area contributed by atoms with Crippen molar-refractivity contribution < 1.29 is 4.79 Å². The number of likely N-dealkylation sites (tertiary alicyclic amines) is 1. The number of nitrogens with one attached hydrogen (secondary N) is 1. The first-order valence-corrected chi connectivity index (χ1v) is 11.7. The number of H-pyrrole nitrogens is 1. The molecule has 2 aliphatic rings. The van der Waals surface area contributed by atoms with Gasteiger partial charge in [-0.05, 0) is 49.3 Å². The zero-order valence-corrected chi connectivity index (χ0v) is 18.1. The molecule has 1 saturated heterocycles. The lowest BCUT2D eigenvalue weighted by atomic mass is 9.99. The van der Waals surface area contributed by atoms with Gasteiger partial charge in [-0.3, -0.25) is 19.5 Å². The van der Waals surface area contributed by atoms with Gasteiger partial charge in [-0.15, -0.1) is 11.3 Å². The number of amides is 1. The van der Waals surface area contributed by atoms with E-state index in [4.69, 9.17) is 4.98 Å². The largest absolute Gasteiger partial charge is 0.327 e. The fraction of sp³-hybridized carbons (Fsp3) is 0.391. The van der Waals surface area contributed by atoms with Gasteiger partial charge in [-0.1, -0.05) is 12.1 Å². The molecule has 0 spiro atoms. The van der Waals surface area contributed by atoms with Crippen molar-refractivity contribution in [3.8, 4) is 0 Å². The molecule has 0 aliphatic carbocycles. The van der Waals surface area contributed by atoms with Crippen LogP contribution >= 0.6 is 11.3 Å². The van der Waals surface area contributed by atoms with E-state index in [0.717, 1.165) is 43.6 Å². The van der Waals surface area contributed by atoms with Gasteiger partial charge in [0.1, 0.15) is 11.5 Å². The molecule has 0 saturated carbocycles. The van der Waals surface area contributed by atoms with E-state index in [1.165, 1.54) is 4.88 Å². The number of hydrogen-bond donors (Lipinski definition) is 1. The zero-order valence-electron chi connectivity index (χ0n) is 17.3. The Balaban J connectivity index is 1.42. The predicted octanol–water partition coefficient (Wildman–Crippen LogP) is 3.15. The van der Waals surface area contributed by atoms with Crippen molar-refractivity contribution in [1.82, 2.24) is 24.8 Å². The Kier molecular flexibility index (Phi) is 5.65. The fourth-order valence-electron chi connectivity index (χ4n) is 4.52. The molecule has 1 amide bonds. The first kappa shape index (κ1) is 20.1. The minimum Gasteiger partial charge on any atom is -0.327 e. The second-order valence-electron chi connectivity index (χ2n) is 8.14. The molecule has 5 rings (SSSR count). The van der Waals surface area contributed by atoms with E-state index in [2.05, 4.69) is 32.4 Å². The molecule has 0 radical (unpaired) electrons. The summed E-state index contributed by atoms with van der Waals surface area (Å²) in [5.41, 5.74) is 1.99. The summed E-state index contributed by atoms with van der Waals surface area (Å²) in [6.45, 7) is 3.02. The van der Waals surface area contributed by atoms with Crippen molar-refractivity contribution in [2.75, 3.05) is 13.1 Å². The zero-order chi connectivity index (χ0) is 21.2. The number of aromatic amines is 1. The van der Waals surface area contributed by atoms with E-state index in [-0.39, 0.29) is 17.5 Å². The average Bonchev–Trinajstić information content (AvgIpc) is 3.32. The lowest BCUT2D eigenvalue weighted by Gasteiger charge is -2.35. The van der Waals surface area contributed by atoms with Crippen molar-refractivity contribution in [2.24, 2.45) is 0 Å². The minimum absolute atomic E-state index is 0.0633. The predicted molar refractivity (Wildman–Crippen MR) is 119 cm³/mol. The van der Waals surface area contributed by atoms with Crippen LogP contribution in [-0.4, -0.2) is 43.7 Å². The van der Waals surface area contributed by atoms with Gasteiger partial charge in [0, 0.05) is 42.8 Å². The maximum absolute atomic E-state index is 13.1. The summed E-state index contributed by atoms with van der Waals surface area (Å²) in [5.74, 6) is 0.496. The molecular formula is C23H25N5O2S. The molecule has 3 aromatic rings. The standard InChI is InChI=1S/C23H25N5O2S/c29-22-17-9-12-27(14-16-6-5-13-31-16)15-19(17)25-21(26-22)20-8-2-4-11-28(20)23(30)18-7-1-3-10-24-18/h1,3,5-7,10,13,20H,2,4,8-9,11-12,14-15H2,(H,25,26,29)/t20-/m0/s1. The normalized spacial score (nSPS) is 19.2. The van der Waals surface area contributed by atoms with Crippen molar-refractivity contribution in [2.45, 2.75) is 44.8 Å². The molecule has 8 heteroatoms. The number of aromatic nitrogens is 3. The van der Waals surface area contributed by atoms with Crippen LogP contribution in [0, 0.1) is 0 Å². The minimum atomic E-state index is -0.228. The Morgan fingerprint density at radius 1 is 1.19 bits per heavy atom. The Bertz CT molecular complexity index is 1110. The van der Waals surface area contributed by atoms with Crippen LogP contribution in [0.2, 0.25) is 0 Å². The van der Waals surface area contributed by atoms with Crippen LogP contribution in [0.25, 0.3) is 0 Å². The summed E-state index contributed by atoms with van der Waals surface area (Å²) >= 11 is 1.75. The summed E-state index contributed by atoms with van der Waals surface area (Å²) in [7, 11) is 0. The molecule has 0 aromatic carbocycles. The number of rotatable bonds is 4. The molecular weight excluding hydrogens is 410 g/mol. The number of thiophene rings is 1. The van der Waals surface area contributed by atoms with Crippen LogP contribution < -0.4 is 5.56 Å². The average molecular weight is 436 g/mol. The Morgan fingerprint density at radius 3 is 2.94 bits per heavy atom. The van der Waals surface area contributed by atoms with Crippen molar-refractivity contribution in [1.29, 1.82) is 0 Å². The topological polar surface area (TPSA) is 82.2 Å². The van der Waals surface area contributed by atoms with Gasteiger partial charge in [0.25, 0.3) is 11.5 Å². The van der Waals surface area contributed by atoms with Gasteiger partial charge in [-0.25, -0.2) is 4.98 Å². The molecule has 0 bridgehead atoms. The van der Waals surface area contributed by atoms with E-state index in [0.29, 0.717) is 31.0 Å². The van der Waals surface area contributed by atoms with Crippen LogP contribution in [0.1, 0.15) is 57.8 Å². The third-order valence-electron chi connectivity index (χ3n) is 6.09. The van der Waals surface area contributed by atoms with E-state index in [1.807, 2.05) is 11.0 Å². The van der Waals surface area contributed by atoms with E-state index in [1.54, 1.807) is 29.7 Å². The van der Waals surface area contributed by atoms with Crippen molar-refractivity contribution >= 4 is 17.2 Å². The molecule has 1 atom stereocenters. The summed E-state index contributed by atoms with van der Waals surface area (Å²) in [6.07, 6.45) is 5.07. The van der Waals surface area contributed by atoms with Gasteiger partial charge in [-0.2, -0.15) is 0 Å². The Labute approximate surface area is 184 Å². The second-order valence-corrected chi connectivity index (χ2v) is 9.17. The van der Waals surface area contributed by atoms with Gasteiger partial charge in [0.15, 0.2) is 0 Å². The molecule has 0 unspecified atom stereocenters. The lowest BCUT2D eigenvalue weighted by Crippen LogP contribution is -2.41. The second kappa shape index (κ2) is 8.72. The highest BCUT2D eigenvalue weighted by Crippen LogP contribution is 2.30. The van der Waals surface area contributed by atoms with Gasteiger partial charge in [0.2, 0.25) is 0 Å². The highest BCUT2D eigenvalue weighted by atomic mass is 32.1. The number of nitrogens with zero attached hydrogens (tertiary/aromatic N) is 4. The van der Waals surface area contributed by atoms with E-state index in [9.17, 15) is 9.59 Å². The van der Waals surface area contributed by atoms with Gasteiger partial charge < -0.3 is 9.88 Å². The summed E-state index contributed by atoms with van der Waals surface area (Å²) in [4.78, 5) is 43.6. The molecule has 7 nitrogen and oxygen atoms in total. The van der Waals surface area contributed by atoms with Gasteiger partial charge >= 0.3 is 0 Å². The number of hydrogen-bond acceptors (Lipinski definition) is 6. The number of pyridine rings is 1. The summed E-state index contributed by atoms with van der Waals surface area (Å²) in [5, 5.41) is 2.09.